The molecule has 3 aliphatic heterocycles. The van der Waals surface area contributed by atoms with Gasteiger partial charge in [0.15, 0.2) is 16.6 Å². The second-order valence-electron chi connectivity index (χ2n) is 5.81. The number of carbonyl (C=O) groups excluding carboxylic acids is 1. The second kappa shape index (κ2) is 5.54. The van der Waals surface area contributed by atoms with Gasteiger partial charge in [0, 0.05) is 30.1 Å². The summed E-state index contributed by atoms with van der Waals surface area (Å²) in [4.78, 5) is 15.7. The molecule has 116 valence electrons. The van der Waals surface area contributed by atoms with Gasteiger partial charge in [-0.2, -0.15) is 0 Å². The van der Waals surface area contributed by atoms with Crippen molar-refractivity contribution in [3.05, 3.63) is 29.0 Å². The maximum absolute atomic E-state index is 12.1. The lowest BCUT2D eigenvalue weighted by molar-refractivity contribution is -0.110. The normalized spacial score (nSPS) is 19.0. The summed E-state index contributed by atoms with van der Waals surface area (Å²) in [6, 6.07) is 4.16. The van der Waals surface area contributed by atoms with Crippen LogP contribution in [0.5, 0.6) is 11.5 Å². The molecule has 0 bridgehead atoms. The smallest absolute Gasteiger partial charge is 0.231 e. The van der Waals surface area contributed by atoms with E-state index in [9.17, 15) is 4.79 Å². The van der Waals surface area contributed by atoms with Crippen LogP contribution in [0.3, 0.4) is 0 Å². The van der Waals surface area contributed by atoms with Crippen molar-refractivity contribution in [1.29, 1.82) is 0 Å². The maximum atomic E-state index is 12.1. The highest BCUT2D eigenvalue weighted by Crippen LogP contribution is 2.45. The summed E-state index contributed by atoms with van der Waals surface area (Å²) in [5, 5.41) is 0.222. The van der Waals surface area contributed by atoms with Gasteiger partial charge in [0.1, 0.15) is 0 Å². The Morgan fingerprint density at radius 1 is 1.23 bits per heavy atom. The summed E-state index contributed by atoms with van der Waals surface area (Å²) >= 11 is 1.40. The topological polar surface area (TPSA) is 38.8 Å². The zero-order chi connectivity index (χ0) is 15.1. The molecule has 4 rings (SSSR count). The minimum atomic E-state index is 0.222. The Morgan fingerprint density at radius 3 is 2.86 bits per heavy atom. The number of benzene rings is 1. The van der Waals surface area contributed by atoms with Crippen LogP contribution in [0.2, 0.25) is 0 Å². The van der Waals surface area contributed by atoms with E-state index in [4.69, 9.17) is 9.47 Å². The Labute approximate surface area is 134 Å². The van der Waals surface area contributed by atoms with Gasteiger partial charge in [-0.25, -0.2) is 0 Å². The highest BCUT2D eigenvalue weighted by molar-refractivity contribution is 8.21. The molecule has 0 aliphatic carbocycles. The summed E-state index contributed by atoms with van der Waals surface area (Å²) in [6.07, 6.45) is 3.79. The van der Waals surface area contributed by atoms with E-state index in [0.29, 0.717) is 6.42 Å². The van der Waals surface area contributed by atoms with Crippen LogP contribution in [0.15, 0.2) is 17.8 Å². The molecular weight excluding hydrogens is 298 g/mol. The molecule has 1 aromatic rings. The van der Waals surface area contributed by atoms with Crippen molar-refractivity contribution in [3.8, 4) is 11.5 Å². The number of allylic oxidation sites excluding steroid dienone is 1. The van der Waals surface area contributed by atoms with Gasteiger partial charge < -0.3 is 14.4 Å². The van der Waals surface area contributed by atoms with E-state index in [1.807, 2.05) is 6.92 Å². The molecule has 0 amide bonds. The molecule has 1 fully saturated rings. The molecule has 0 radical (unpaired) electrons. The number of ether oxygens (including phenoxy) is 2. The fourth-order valence-electron chi connectivity index (χ4n) is 3.35. The average Bonchev–Trinajstić information content (AvgIpc) is 3.15. The van der Waals surface area contributed by atoms with Crippen LogP contribution in [-0.4, -0.2) is 29.9 Å². The molecule has 3 aliphatic rings. The van der Waals surface area contributed by atoms with E-state index in [1.165, 1.54) is 29.4 Å². The second-order valence-corrected chi connectivity index (χ2v) is 6.87. The number of hydrogen-bond acceptors (Lipinski definition) is 5. The number of fused-ring (bicyclic) bond motifs is 3. The predicted molar refractivity (Wildman–Crippen MR) is 86.9 cm³/mol. The van der Waals surface area contributed by atoms with Gasteiger partial charge in [-0.15, -0.1) is 0 Å². The van der Waals surface area contributed by atoms with Gasteiger partial charge in [0.2, 0.25) is 6.79 Å². The predicted octanol–water partition coefficient (Wildman–Crippen LogP) is 3.41. The van der Waals surface area contributed by atoms with E-state index in [0.717, 1.165) is 47.9 Å². The van der Waals surface area contributed by atoms with Crippen molar-refractivity contribution >= 4 is 21.8 Å². The molecule has 0 N–H and O–H groups in total. The summed E-state index contributed by atoms with van der Waals surface area (Å²) < 4.78 is 11.1. The minimum Gasteiger partial charge on any atom is -0.454 e. The minimum absolute atomic E-state index is 0.222. The van der Waals surface area contributed by atoms with Crippen molar-refractivity contribution < 1.29 is 14.3 Å². The van der Waals surface area contributed by atoms with Gasteiger partial charge in [0.05, 0.1) is 0 Å². The number of carbonyl (C=O) groups is 1. The van der Waals surface area contributed by atoms with E-state index < -0.39 is 0 Å². The fourth-order valence-corrected chi connectivity index (χ4v) is 4.37. The Balaban J connectivity index is 1.85. The third-order valence-corrected chi connectivity index (χ3v) is 5.66. The van der Waals surface area contributed by atoms with Crippen molar-refractivity contribution in [3.63, 3.8) is 0 Å². The number of thioether (sulfide) groups is 1. The first-order valence-corrected chi connectivity index (χ1v) is 8.69. The van der Waals surface area contributed by atoms with Crippen LogP contribution in [0.4, 0.5) is 0 Å². The molecule has 22 heavy (non-hydrogen) atoms. The first-order chi connectivity index (χ1) is 10.8. The van der Waals surface area contributed by atoms with Crippen molar-refractivity contribution in [1.82, 2.24) is 4.90 Å². The SMILES string of the molecule is CCC(=O)SC1=C2CCCN2CCc2cc3c(cc21)OCO3. The molecule has 0 aromatic heterocycles. The molecule has 0 spiro atoms. The molecule has 5 heteroatoms. The lowest BCUT2D eigenvalue weighted by atomic mass is 10.0. The quantitative estimate of drug-likeness (QED) is 0.836. The van der Waals surface area contributed by atoms with Gasteiger partial charge in [-0.3, -0.25) is 4.79 Å². The van der Waals surface area contributed by atoms with Crippen molar-refractivity contribution in [2.45, 2.75) is 32.6 Å². The Morgan fingerprint density at radius 2 is 2.05 bits per heavy atom. The molecule has 0 unspecified atom stereocenters. The van der Waals surface area contributed by atoms with E-state index in [1.54, 1.807) is 0 Å². The molecule has 0 saturated carbocycles. The van der Waals surface area contributed by atoms with Crippen LogP contribution in [0, 0.1) is 0 Å². The van der Waals surface area contributed by atoms with Crippen LogP contribution in [0.25, 0.3) is 4.91 Å². The highest BCUT2D eigenvalue weighted by Gasteiger charge is 2.29. The molecule has 3 heterocycles. The molecular formula is C17H19NO3S. The summed E-state index contributed by atoms with van der Waals surface area (Å²) in [6.45, 7) is 4.33. The van der Waals surface area contributed by atoms with Crippen molar-refractivity contribution in [2.24, 2.45) is 0 Å². The summed E-state index contributed by atoms with van der Waals surface area (Å²) in [5.41, 5.74) is 3.76. The van der Waals surface area contributed by atoms with Crippen LogP contribution in [0.1, 0.15) is 37.3 Å². The first kappa shape index (κ1) is 14.0. The first-order valence-electron chi connectivity index (χ1n) is 7.88. The monoisotopic (exact) mass is 317 g/mol. The van der Waals surface area contributed by atoms with Crippen LogP contribution in [-0.2, 0) is 11.2 Å². The largest absolute Gasteiger partial charge is 0.454 e. The molecule has 1 aromatic carbocycles. The Bertz CT molecular complexity index is 668. The van der Waals surface area contributed by atoms with E-state index in [-0.39, 0.29) is 11.9 Å². The van der Waals surface area contributed by atoms with Gasteiger partial charge in [-0.05, 0) is 54.3 Å². The third kappa shape index (κ3) is 2.28. The van der Waals surface area contributed by atoms with Crippen molar-refractivity contribution in [2.75, 3.05) is 19.9 Å². The Kier molecular flexibility index (Phi) is 3.53. The number of hydrogen-bond donors (Lipinski definition) is 0. The molecule has 0 atom stereocenters. The Hall–Kier alpha value is -1.62. The highest BCUT2D eigenvalue weighted by atomic mass is 32.2. The average molecular weight is 317 g/mol. The third-order valence-electron chi connectivity index (χ3n) is 4.48. The lowest BCUT2D eigenvalue weighted by Gasteiger charge is -2.19. The van der Waals surface area contributed by atoms with Gasteiger partial charge >= 0.3 is 0 Å². The lowest BCUT2D eigenvalue weighted by Crippen LogP contribution is -2.19. The van der Waals surface area contributed by atoms with Crippen LogP contribution < -0.4 is 9.47 Å². The fraction of sp³-hybridized carbons (Fsp3) is 0.471. The number of nitrogens with zero attached hydrogens (tertiary/aromatic N) is 1. The van der Waals surface area contributed by atoms with E-state index in [2.05, 4.69) is 17.0 Å². The van der Waals surface area contributed by atoms with Crippen LogP contribution >= 0.6 is 11.8 Å². The zero-order valence-electron chi connectivity index (χ0n) is 12.7. The molecule has 4 nitrogen and oxygen atoms in total. The maximum Gasteiger partial charge on any atom is 0.231 e. The van der Waals surface area contributed by atoms with Gasteiger partial charge in [-0.1, -0.05) is 6.92 Å². The van der Waals surface area contributed by atoms with Gasteiger partial charge in [0.25, 0.3) is 0 Å². The number of rotatable bonds is 2. The summed E-state index contributed by atoms with van der Waals surface area (Å²) in [5.74, 6) is 1.63. The molecule has 1 saturated heterocycles. The summed E-state index contributed by atoms with van der Waals surface area (Å²) in [7, 11) is 0. The standard InChI is InChI=1S/C17H19NO3S/c1-2-16(19)22-17-12-9-15-14(20-10-21-15)8-11(12)5-7-18-6-3-4-13(17)18/h8-9H,2-7,10H2,1H3. The zero-order valence-corrected chi connectivity index (χ0v) is 13.5. The van der Waals surface area contributed by atoms with E-state index >= 15 is 0 Å².